The van der Waals surface area contributed by atoms with Gasteiger partial charge in [0, 0.05) is 60.5 Å². The lowest BCUT2D eigenvalue weighted by Crippen LogP contribution is -2.10. The van der Waals surface area contributed by atoms with Crippen molar-refractivity contribution < 1.29 is 8.83 Å². The number of fused-ring (bicyclic) bond motifs is 10. The minimum atomic E-state index is 0.852. The number of furan rings is 2. The van der Waals surface area contributed by atoms with E-state index in [0.717, 1.165) is 105 Å². The van der Waals surface area contributed by atoms with Gasteiger partial charge in [0.05, 0.1) is 16.7 Å². The summed E-state index contributed by atoms with van der Waals surface area (Å²) in [4.78, 5) is 2.38. The highest BCUT2D eigenvalue weighted by atomic mass is 16.3. The second-order valence-corrected chi connectivity index (χ2v) is 17.6. The monoisotopic (exact) mass is 868 g/mol. The lowest BCUT2D eigenvalue weighted by Gasteiger charge is -2.27. The van der Waals surface area contributed by atoms with E-state index in [1.165, 1.54) is 27.1 Å². The molecule has 3 heterocycles. The van der Waals surface area contributed by atoms with Gasteiger partial charge in [-0.15, -0.1) is 0 Å². The first-order valence-corrected chi connectivity index (χ1v) is 23.2. The molecule has 0 aliphatic carbocycles. The first-order chi connectivity index (χ1) is 33.7. The Hall–Kier alpha value is -9.12. The van der Waals surface area contributed by atoms with Crippen molar-refractivity contribution in [3.05, 3.63) is 243 Å². The van der Waals surface area contributed by atoms with Gasteiger partial charge in [-0.2, -0.15) is 0 Å². The van der Waals surface area contributed by atoms with Gasteiger partial charge in [0.2, 0.25) is 0 Å². The van der Waals surface area contributed by atoms with E-state index in [9.17, 15) is 0 Å². The van der Waals surface area contributed by atoms with Crippen molar-refractivity contribution in [2.24, 2.45) is 0 Å². The van der Waals surface area contributed by atoms with Crippen LogP contribution in [0.3, 0.4) is 0 Å². The van der Waals surface area contributed by atoms with E-state index in [1.54, 1.807) is 0 Å². The average molecular weight is 869 g/mol. The predicted molar refractivity (Wildman–Crippen MR) is 284 cm³/mol. The fourth-order valence-electron chi connectivity index (χ4n) is 10.6. The molecule has 0 spiro atoms. The molecular formula is C64H40N2O2. The van der Waals surface area contributed by atoms with Crippen LogP contribution in [0.2, 0.25) is 0 Å². The highest BCUT2D eigenvalue weighted by Gasteiger charge is 2.23. The molecule has 3 aromatic heterocycles. The van der Waals surface area contributed by atoms with E-state index in [4.69, 9.17) is 8.83 Å². The molecule has 0 fully saturated rings. The molecule has 0 unspecified atom stereocenters. The summed E-state index contributed by atoms with van der Waals surface area (Å²) in [6, 6.07) is 87.0. The van der Waals surface area contributed by atoms with Crippen molar-refractivity contribution in [1.82, 2.24) is 4.57 Å². The Bertz CT molecular complexity index is 4210. The van der Waals surface area contributed by atoms with E-state index in [-0.39, 0.29) is 0 Å². The van der Waals surface area contributed by atoms with Gasteiger partial charge < -0.3 is 18.3 Å². The Labute approximate surface area is 391 Å². The molecule has 0 bridgehead atoms. The predicted octanol–water partition coefficient (Wildman–Crippen LogP) is 18.2. The van der Waals surface area contributed by atoms with Gasteiger partial charge in [-0.3, -0.25) is 0 Å². The van der Waals surface area contributed by atoms with Crippen LogP contribution in [0.1, 0.15) is 0 Å². The number of benzene rings is 11. The van der Waals surface area contributed by atoms with Crippen molar-refractivity contribution in [2.45, 2.75) is 0 Å². The number of nitrogens with zero attached hydrogens (tertiary/aromatic N) is 2. The van der Waals surface area contributed by atoms with Gasteiger partial charge in [-0.25, -0.2) is 0 Å². The average Bonchev–Trinajstić information content (AvgIpc) is 4.09. The number of anilines is 3. The summed E-state index contributed by atoms with van der Waals surface area (Å²) in [5, 5.41) is 9.27. The second-order valence-electron chi connectivity index (χ2n) is 17.6. The Balaban J connectivity index is 0.988. The minimum Gasteiger partial charge on any atom is -0.456 e. The van der Waals surface area contributed by atoms with E-state index in [1.807, 2.05) is 12.1 Å². The third kappa shape index (κ3) is 6.01. The maximum absolute atomic E-state index is 6.91. The van der Waals surface area contributed by atoms with Crippen LogP contribution in [0.25, 0.3) is 116 Å². The molecule has 0 amide bonds. The van der Waals surface area contributed by atoms with Gasteiger partial charge in [0.1, 0.15) is 22.3 Å². The standard InChI is InChI=1S/C64H40N2O2/c1-2-15-44-38-45(29-28-41(44)14-1)42-30-34-46(35-31-42)65(47-36-32-43(33-37-47)49-21-13-27-62-63(49)54-20-7-12-26-61(54)67-62)48-39-55(64-56(40-48)53-19-6-11-25-60(53)68-64)52-18-5-10-24-59(52)66-57-22-8-3-16-50(57)51-17-4-9-23-58(51)66/h1-40H. The van der Waals surface area contributed by atoms with Gasteiger partial charge in [0.25, 0.3) is 0 Å². The number of hydrogen-bond donors (Lipinski definition) is 0. The fourth-order valence-corrected chi connectivity index (χ4v) is 10.6. The van der Waals surface area contributed by atoms with Crippen LogP contribution in [-0.2, 0) is 0 Å². The Morgan fingerprint density at radius 2 is 0.868 bits per heavy atom. The van der Waals surface area contributed by atoms with E-state index >= 15 is 0 Å². The van der Waals surface area contributed by atoms with Gasteiger partial charge in [-0.05, 0) is 112 Å². The van der Waals surface area contributed by atoms with Crippen LogP contribution in [0, 0.1) is 0 Å². The molecule has 14 aromatic rings. The van der Waals surface area contributed by atoms with Crippen LogP contribution in [0.5, 0.6) is 0 Å². The minimum absolute atomic E-state index is 0.852. The van der Waals surface area contributed by atoms with Crippen LogP contribution < -0.4 is 4.90 Å². The summed E-state index contributed by atoms with van der Waals surface area (Å²) in [7, 11) is 0. The zero-order valence-electron chi connectivity index (χ0n) is 36.8. The van der Waals surface area contributed by atoms with Crippen molar-refractivity contribution in [3.63, 3.8) is 0 Å². The molecule has 68 heavy (non-hydrogen) atoms. The molecule has 14 rings (SSSR count). The quantitative estimate of drug-likeness (QED) is 0.160. The maximum atomic E-state index is 6.91. The Morgan fingerprint density at radius 1 is 0.309 bits per heavy atom. The molecular weight excluding hydrogens is 829 g/mol. The molecule has 0 N–H and O–H groups in total. The molecule has 4 heteroatoms. The van der Waals surface area contributed by atoms with Crippen LogP contribution >= 0.6 is 0 Å². The van der Waals surface area contributed by atoms with Crippen molar-refractivity contribution >= 4 is 93.5 Å². The van der Waals surface area contributed by atoms with E-state index in [2.05, 4.69) is 240 Å². The second kappa shape index (κ2) is 15.2. The highest BCUT2D eigenvalue weighted by Crippen LogP contribution is 2.47. The molecule has 0 aliphatic heterocycles. The summed E-state index contributed by atoms with van der Waals surface area (Å²) in [6.07, 6.45) is 0. The van der Waals surface area contributed by atoms with Crippen molar-refractivity contribution in [1.29, 1.82) is 0 Å². The topological polar surface area (TPSA) is 34.5 Å². The molecule has 4 nitrogen and oxygen atoms in total. The fraction of sp³-hybridized carbons (Fsp3) is 0. The summed E-state index contributed by atoms with van der Waals surface area (Å²) >= 11 is 0. The number of aromatic nitrogens is 1. The van der Waals surface area contributed by atoms with E-state index < -0.39 is 0 Å². The summed E-state index contributed by atoms with van der Waals surface area (Å²) in [6.45, 7) is 0. The summed E-state index contributed by atoms with van der Waals surface area (Å²) in [5.74, 6) is 0. The van der Waals surface area contributed by atoms with Gasteiger partial charge in [-0.1, -0.05) is 164 Å². The molecule has 11 aromatic carbocycles. The van der Waals surface area contributed by atoms with Crippen molar-refractivity contribution in [3.8, 4) is 39.1 Å². The first kappa shape index (κ1) is 38.2. The van der Waals surface area contributed by atoms with Crippen LogP contribution in [0.15, 0.2) is 251 Å². The highest BCUT2D eigenvalue weighted by molar-refractivity contribution is 6.15. The summed E-state index contributed by atoms with van der Waals surface area (Å²) < 4.78 is 15.6. The SMILES string of the molecule is c1ccc(-n2c3ccccc3c3ccccc32)c(-c2cc(N(c3ccc(-c4ccc5ccccc5c4)cc3)c3ccc(-c4cccc5oc6ccccc6c45)cc3)cc3c2oc2ccccc23)c1. The van der Waals surface area contributed by atoms with E-state index in [0.29, 0.717) is 0 Å². The van der Waals surface area contributed by atoms with Crippen LogP contribution in [-0.4, -0.2) is 4.57 Å². The normalized spacial score (nSPS) is 11.8. The van der Waals surface area contributed by atoms with Gasteiger partial charge in [0.15, 0.2) is 0 Å². The molecule has 0 aliphatic rings. The largest absolute Gasteiger partial charge is 0.456 e. The molecule has 0 radical (unpaired) electrons. The lowest BCUT2D eigenvalue weighted by atomic mass is 9.97. The Morgan fingerprint density at radius 3 is 1.62 bits per heavy atom. The maximum Gasteiger partial charge on any atom is 0.143 e. The third-order valence-electron chi connectivity index (χ3n) is 13.8. The summed E-state index contributed by atoms with van der Waals surface area (Å²) in [5.41, 5.74) is 16.7. The van der Waals surface area contributed by atoms with Crippen LogP contribution in [0.4, 0.5) is 17.1 Å². The molecule has 0 saturated heterocycles. The third-order valence-corrected chi connectivity index (χ3v) is 13.8. The molecule has 0 atom stereocenters. The van der Waals surface area contributed by atoms with Crippen molar-refractivity contribution in [2.75, 3.05) is 4.90 Å². The molecule has 0 saturated carbocycles. The lowest BCUT2D eigenvalue weighted by molar-refractivity contribution is 0.669. The zero-order valence-corrected chi connectivity index (χ0v) is 36.8. The molecule has 318 valence electrons. The first-order valence-electron chi connectivity index (χ1n) is 23.2. The smallest absolute Gasteiger partial charge is 0.143 e. The number of rotatable bonds is 7. The van der Waals surface area contributed by atoms with Gasteiger partial charge >= 0.3 is 0 Å². The Kier molecular flexibility index (Phi) is 8.55. The number of hydrogen-bond acceptors (Lipinski definition) is 3. The number of para-hydroxylation sites is 5. The zero-order chi connectivity index (χ0) is 44.7.